The molecule has 0 saturated carbocycles. The summed E-state index contributed by atoms with van der Waals surface area (Å²) >= 11 is 0. The van der Waals surface area contributed by atoms with Gasteiger partial charge in [0.2, 0.25) is 0 Å². The number of carboxylic acid groups (broad SMARTS) is 1. The highest BCUT2D eigenvalue weighted by Gasteiger charge is 2.17. The zero-order valence-electron chi connectivity index (χ0n) is 18.3. The number of hydrogen-bond donors (Lipinski definition) is 1. The minimum atomic E-state index is -0.741. The summed E-state index contributed by atoms with van der Waals surface area (Å²) in [5, 5.41) is 8.64. The maximum absolute atomic E-state index is 11.9. The molecular formula is C23H42O5. The third kappa shape index (κ3) is 16.8. The molecule has 0 aromatic carbocycles. The maximum Gasteiger partial charge on any atom is 0.303 e. The summed E-state index contributed by atoms with van der Waals surface area (Å²) in [7, 11) is 0. The fraction of sp³-hybridized carbons (Fsp3) is 0.870. The van der Waals surface area contributed by atoms with Crippen molar-refractivity contribution in [3.05, 3.63) is 0 Å². The summed E-state index contributed by atoms with van der Waals surface area (Å²) in [4.78, 5) is 33.8. The van der Waals surface area contributed by atoms with E-state index in [1.165, 1.54) is 32.6 Å². The van der Waals surface area contributed by atoms with Gasteiger partial charge in [-0.25, -0.2) is 0 Å². The number of unbranched alkanes of at least 4 members (excludes halogenated alkanes) is 7. The van der Waals surface area contributed by atoms with Gasteiger partial charge in [0.25, 0.3) is 0 Å². The Morgan fingerprint density at radius 3 is 1.86 bits per heavy atom. The van der Waals surface area contributed by atoms with Gasteiger partial charge in [0.15, 0.2) is 0 Å². The van der Waals surface area contributed by atoms with Crippen LogP contribution in [0.4, 0.5) is 0 Å². The quantitative estimate of drug-likeness (QED) is 0.211. The van der Waals surface area contributed by atoms with Crippen LogP contribution in [0.1, 0.15) is 117 Å². The number of ketones is 1. The lowest BCUT2D eigenvalue weighted by atomic mass is 9.91. The van der Waals surface area contributed by atoms with Crippen molar-refractivity contribution in [2.45, 2.75) is 123 Å². The van der Waals surface area contributed by atoms with Gasteiger partial charge in [-0.3, -0.25) is 14.4 Å². The molecule has 0 amide bonds. The van der Waals surface area contributed by atoms with Crippen LogP contribution in [0.3, 0.4) is 0 Å². The highest BCUT2D eigenvalue weighted by atomic mass is 16.5. The van der Waals surface area contributed by atoms with Crippen LogP contribution in [-0.4, -0.2) is 28.9 Å². The summed E-state index contributed by atoms with van der Waals surface area (Å²) in [6, 6.07) is 0. The van der Waals surface area contributed by atoms with Crippen molar-refractivity contribution in [3.63, 3.8) is 0 Å². The molecule has 0 aromatic rings. The molecule has 0 rings (SSSR count). The van der Waals surface area contributed by atoms with Gasteiger partial charge < -0.3 is 9.84 Å². The molecule has 2 unspecified atom stereocenters. The van der Waals surface area contributed by atoms with Crippen LogP contribution in [-0.2, 0) is 19.1 Å². The molecule has 164 valence electrons. The van der Waals surface area contributed by atoms with Crippen LogP contribution < -0.4 is 0 Å². The van der Waals surface area contributed by atoms with E-state index in [1.54, 1.807) is 6.92 Å². The van der Waals surface area contributed by atoms with E-state index in [9.17, 15) is 14.4 Å². The average Bonchev–Trinajstić information content (AvgIpc) is 2.61. The molecule has 0 aliphatic rings. The fourth-order valence-electron chi connectivity index (χ4n) is 3.64. The van der Waals surface area contributed by atoms with Gasteiger partial charge in [-0.15, -0.1) is 0 Å². The molecule has 0 spiro atoms. The molecule has 0 heterocycles. The zero-order chi connectivity index (χ0) is 21.2. The van der Waals surface area contributed by atoms with Crippen molar-refractivity contribution in [3.8, 4) is 0 Å². The molecule has 0 aliphatic carbocycles. The lowest BCUT2D eigenvalue weighted by molar-refractivity contribution is -0.147. The summed E-state index contributed by atoms with van der Waals surface area (Å²) in [5.41, 5.74) is 0. The predicted octanol–water partition coefficient (Wildman–Crippen LogP) is 6.08. The number of esters is 1. The minimum Gasteiger partial charge on any atom is -0.481 e. The summed E-state index contributed by atoms with van der Waals surface area (Å²) < 4.78 is 5.47. The Morgan fingerprint density at radius 2 is 1.29 bits per heavy atom. The third-order valence-corrected chi connectivity index (χ3v) is 5.31. The summed E-state index contributed by atoms with van der Waals surface area (Å²) in [6.45, 7) is 5.32. The number of aliphatic carboxylic acids is 1. The topological polar surface area (TPSA) is 80.7 Å². The van der Waals surface area contributed by atoms with E-state index in [0.29, 0.717) is 6.42 Å². The predicted molar refractivity (Wildman–Crippen MR) is 112 cm³/mol. The van der Waals surface area contributed by atoms with E-state index < -0.39 is 5.97 Å². The first-order valence-corrected chi connectivity index (χ1v) is 11.3. The summed E-state index contributed by atoms with van der Waals surface area (Å²) in [6.07, 6.45) is 14.1. The summed E-state index contributed by atoms with van der Waals surface area (Å²) in [5.74, 6) is -0.659. The molecular weight excluding hydrogens is 356 g/mol. The van der Waals surface area contributed by atoms with Gasteiger partial charge in [0.05, 0.1) is 0 Å². The molecule has 0 aliphatic heterocycles. The molecule has 28 heavy (non-hydrogen) atoms. The van der Waals surface area contributed by atoms with Crippen molar-refractivity contribution in [2.24, 2.45) is 5.92 Å². The first-order valence-electron chi connectivity index (χ1n) is 11.3. The largest absolute Gasteiger partial charge is 0.481 e. The zero-order valence-corrected chi connectivity index (χ0v) is 18.3. The van der Waals surface area contributed by atoms with Crippen molar-refractivity contribution in [2.75, 3.05) is 0 Å². The molecule has 0 radical (unpaired) electrons. The van der Waals surface area contributed by atoms with Gasteiger partial charge in [-0.05, 0) is 51.9 Å². The van der Waals surface area contributed by atoms with Crippen LogP contribution in [0.25, 0.3) is 0 Å². The van der Waals surface area contributed by atoms with Gasteiger partial charge in [-0.2, -0.15) is 0 Å². The SMILES string of the molecule is CCCCCCCC(CCCC(CCCCCCC(=O)O)C(C)=O)OC(C)=O. The smallest absolute Gasteiger partial charge is 0.303 e. The number of carboxylic acids is 1. The highest BCUT2D eigenvalue weighted by Crippen LogP contribution is 2.21. The Balaban J connectivity index is 4.11. The number of ether oxygens (including phenoxy) is 1. The average molecular weight is 399 g/mol. The molecule has 0 saturated heterocycles. The van der Waals surface area contributed by atoms with E-state index in [-0.39, 0.29) is 30.2 Å². The van der Waals surface area contributed by atoms with E-state index in [0.717, 1.165) is 57.8 Å². The Kier molecular flexibility index (Phi) is 16.8. The number of carbonyl (C=O) groups excluding carboxylic acids is 2. The van der Waals surface area contributed by atoms with Crippen LogP contribution >= 0.6 is 0 Å². The number of Topliss-reactive ketones (excluding diaryl/α,β-unsaturated/α-hetero) is 1. The molecule has 2 atom stereocenters. The second kappa shape index (κ2) is 17.7. The Bertz CT molecular complexity index is 433. The maximum atomic E-state index is 11.9. The Hall–Kier alpha value is -1.39. The Labute approximate surface area is 171 Å². The molecule has 1 N–H and O–H groups in total. The van der Waals surface area contributed by atoms with E-state index in [1.807, 2.05) is 0 Å². The van der Waals surface area contributed by atoms with Crippen molar-refractivity contribution in [1.82, 2.24) is 0 Å². The van der Waals surface area contributed by atoms with E-state index in [4.69, 9.17) is 9.84 Å². The van der Waals surface area contributed by atoms with E-state index >= 15 is 0 Å². The normalized spacial score (nSPS) is 13.1. The lowest BCUT2D eigenvalue weighted by Crippen LogP contribution is -2.18. The van der Waals surface area contributed by atoms with Crippen molar-refractivity contribution >= 4 is 17.7 Å². The molecule has 5 nitrogen and oxygen atoms in total. The first kappa shape index (κ1) is 26.6. The van der Waals surface area contributed by atoms with Crippen LogP contribution in [0, 0.1) is 5.92 Å². The number of rotatable bonds is 19. The van der Waals surface area contributed by atoms with Gasteiger partial charge in [-0.1, -0.05) is 51.9 Å². The standard InChI is InChI=1S/C23H42O5/c1-4-5-6-7-11-16-22(28-20(3)25)17-13-15-21(19(2)24)14-10-8-9-12-18-23(26)27/h21-22H,4-18H2,1-3H3,(H,26,27). The van der Waals surface area contributed by atoms with Crippen molar-refractivity contribution < 1.29 is 24.2 Å². The Morgan fingerprint density at radius 1 is 0.750 bits per heavy atom. The monoisotopic (exact) mass is 398 g/mol. The molecule has 0 fully saturated rings. The number of carbonyl (C=O) groups is 3. The third-order valence-electron chi connectivity index (χ3n) is 5.31. The highest BCUT2D eigenvalue weighted by molar-refractivity contribution is 5.78. The molecule has 5 heteroatoms. The molecule has 0 bridgehead atoms. The lowest BCUT2D eigenvalue weighted by Gasteiger charge is -2.19. The minimum absolute atomic E-state index is 0.0252. The van der Waals surface area contributed by atoms with Gasteiger partial charge in [0.1, 0.15) is 11.9 Å². The second-order valence-electron chi connectivity index (χ2n) is 8.02. The van der Waals surface area contributed by atoms with E-state index in [2.05, 4.69) is 6.92 Å². The number of hydrogen-bond acceptors (Lipinski definition) is 4. The van der Waals surface area contributed by atoms with Crippen LogP contribution in [0.5, 0.6) is 0 Å². The van der Waals surface area contributed by atoms with Crippen molar-refractivity contribution in [1.29, 1.82) is 0 Å². The molecule has 0 aromatic heterocycles. The van der Waals surface area contributed by atoms with Crippen LogP contribution in [0.2, 0.25) is 0 Å². The van der Waals surface area contributed by atoms with Gasteiger partial charge >= 0.3 is 11.9 Å². The first-order chi connectivity index (χ1) is 13.4. The fourth-order valence-corrected chi connectivity index (χ4v) is 3.64. The second-order valence-corrected chi connectivity index (χ2v) is 8.02. The van der Waals surface area contributed by atoms with Crippen LogP contribution in [0.15, 0.2) is 0 Å². The van der Waals surface area contributed by atoms with Gasteiger partial charge in [0, 0.05) is 19.3 Å².